The molecule has 10 heavy (non-hydrogen) atoms. The van der Waals surface area contributed by atoms with E-state index in [1.54, 1.807) is 13.0 Å². The van der Waals surface area contributed by atoms with Crippen molar-refractivity contribution in [1.29, 1.82) is 0 Å². The molecule has 0 saturated heterocycles. The van der Waals surface area contributed by atoms with Gasteiger partial charge in [-0.25, -0.2) is 0 Å². The maximum atomic E-state index is 10.2. The van der Waals surface area contributed by atoms with Crippen LogP contribution in [0.15, 0.2) is 12.2 Å². The topological polar surface area (TPSA) is 57.5 Å². The van der Waals surface area contributed by atoms with E-state index in [1.807, 2.05) is 0 Å². The molecule has 0 amide bonds. The molecule has 3 nitrogen and oxygen atoms in total. The van der Waals surface area contributed by atoms with E-state index in [1.165, 1.54) is 6.08 Å². The largest absolute Gasteiger partial charge is 0.480 e. The fourth-order valence-corrected chi connectivity index (χ4v) is 0.617. The summed E-state index contributed by atoms with van der Waals surface area (Å²) in [5, 5.41) is 17.3. The lowest BCUT2D eigenvalue weighted by Crippen LogP contribution is -2.26. The van der Waals surface area contributed by atoms with Crippen LogP contribution < -0.4 is 0 Å². The van der Waals surface area contributed by atoms with Crippen molar-refractivity contribution in [1.82, 2.24) is 0 Å². The van der Waals surface area contributed by atoms with Gasteiger partial charge in [0.25, 0.3) is 0 Å². The van der Waals surface area contributed by atoms with E-state index < -0.39 is 16.9 Å². The van der Waals surface area contributed by atoms with Crippen molar-refractivity contribution in [2.75, 3.05) is 0 Å². The number of aliphatic hydroxyl groups excluding tert-OH is 1. The average Bonchev–Trinajstić information content (AvgIpc) is 1.87. The molecule has 0 bridgehead atoms. The van der Waals surface area contributed by atoms with E-state index in [-0.39, 0.29) is 0 Å². The Morgan fingerprint density at radius 1 is 1.70 bits per heavy atom. The van der Waals surface area contributed by atoms with Gasteiger partial charge < -0.3 is 10.2 Å². The Morgan fingerprint density at radius 3 is 2.50 bits per heavy atom. The number of carbonyl (C=O) groups is 1. The molecule has 0 spiro atoms. The molecule has 2 N–H and O–H groups in total. The molecule has 0 saturated carbocycles. The van der Waals surface area contributed by atoms with Gasteiger partial charge in [-0.05, 0) is 6.92 Å². The monoisotopic (exact) mass is 208 g/mol. The Kier molecular flexibility index (Phi) is 4.31. The van der Waals surface area contributed by atoms with Crippen LogP contribution in [0.4, 0.5) is 0 Å². The minimum absolute atomic E-state index is 0.913. The molecule has 0 heterocycles. The molecular weight excluding hydrogens is 200 g/mol. The Morgan fingerprint density at radius 2 is 2.20 bits per heavy atom. The first-order chi connectivity index (χ1) is 4.59. The molecule has 0 fully saturated rings. The van der Waals surface area contributed by atoms with Crippen molar-refractivity contribution in [3.8, 4) is 0 Å². The first-order valence-electron chi connectivity index (χ1n) is 2.77. The zero-order valence-corrected chi connectivity index (χ0v) is 7.08. The summed E-state index contributed by atoms with van der Waals surface area (Å²) in [5.74, 6) is -1.06. The highest BCUT2D eigenvalue weighted by atomic mass is 79.9. The second-order valence-electron chi connectivity index (χ2n) is 1.76. The SMILES string of the molecule is C/C=C/[C@H](O)[C@@H](Br)C(=O)O. The Hall–Kier alpha value is -0.350. The number of alkyl halides is 1. The number of hydrogen-bond acceptors (Lipinski definition) is 2. The zero-order chi connectivity index (χ0) is 8.15. The second kappa shape index (κ2) is 4.46. The summed E-state index contributed by atoms with van der Waals surface area (Å²) in [5.41, 5.74) is 0. The third kappa shape index (κ3) is 2.98. The highest BCUT2D eigenvalue weighted by Crippen LogP contribution is 2.06. The lowest BCUT2D eigenvalue weighted by atomic mass is 10.2. The summed E-state index contributed by atoms with van der Waals surface area (Å²) in [7, 11) is 0. The third-order valence-electron chi connectivity index (χ3n) is 0.925. The molecule has 0 rings (SSSR count). The summed E-state index contributed by atoms with van der Waals surface area (Å²) in [6.45, 7) is 1.71. The molecule has 0 aromatic rings. The molecule has 0 aliphatic carbocycles. The number of carboxylic acids is 1. The van der Waals surface area contributed by atoms with Gasteiger partial charge in [-0.3, -0.25) is 4.79 Å². The van der Waals surface area contributed by atoms with Crippen molar-refractivity contribution in [2.45, 2.75) is 17.9 Å². The van der Waals surface area contributed by atoms with E-state index in [9.17, 15) is 4.79 Å². The van der Waals surface area contributed by atoms with Crippen LogP contribution in [0.3, 0.4) is 0 Å². The first-order valence-corrected chi connectivity index (χ1v) is 3.69. The van der Waals surface area contributed by atoms with Gasteiger partial charge >= 0.3 is 5.97 Å². The normalized spacial score (nSPS) is 17.1. The zero-order valence-electron chi connectivity index (χ0n) is 5.49. The van der Waals surface area contributed by atoms with E-state index >= 15 is 0 Å². The molecule has 58 valence electrons. The Bertz CT molecular complexity index is 144. The Labute approximate surface area is 67.5 Å². The summed E-state index contributed by atoms with van der Waals surface area (Å²) in [6.07, 6.45) is 2.05. The molecule has 0 aromatic carbocycles. The van der Waals surface area contributed by atoms with Gasteiger partial charge in [-0.2, -0.15) is 0 Å². The molecule has 0 aliphatic rings. The third-order valence-corrected chi connectivity index (χ3v) is 1.86. The summed E-state index contributed by atoms with van der Waals surface area (Å²) in [4.78, 5) is 9.26. The van der Waals surface area contributed by atoms with Crippen molar-refractivity contribution in [2.24, 2.45) is 0 Å². The predicted molar refractivity (Wildman–Crippen MR) is 41.2 cm³/mol. The minimum Gasteiger partial charge on any atom is -0.480 e. The second-order valence-corrected chi connectivity index (χ2v) is 2.74. The van der Waals surface area contributed by atoms with Crippen LogP contribution in [0.5, 0.6) is 0 Å². The average molecular weight is 209 g/mol. The smallest absolute Gasteiger partial charge is 0.320 e. The molecule has 4 heteroatoms. The van der Waals surface area contributed by atoms with Gasteiger partial charge in [-0.15, -0.1) is 0 Å². The van der Waals surface area contributed by atoms with Gasteiger partial charge in [0, 0.05) is 0 Å². The summed E-state index contributed by atoms with van der Waals surface area (Å²) in [6, 6.07) is 0. The van der Waals surface area contributed by atoms with Crippen molar-refractivity contribution >= 4 is 21.9 Å². The fraction of sp³-hybridized carbons (Fsp3) is 0.500. The number of hydrogen-bond donors (Lipinski definition) is 2. The van der Waals surface area contributed by atoms with Gasteiger partial charge in [0.05, 0.1) is 6.10 Å². The van der Waals surface area contributed by atoms with Crippen LogP contribution in [-0.2, 0) is 4.79 Å². The van der Waals surface area contributed by atoms with Crippen LogP contribution in [0.25, 0.3) is 0 Å². The number of allylic oxidation sites excluding steroid dienone is 1. The number of aliphatic hydroxyl groups is 1. The van der Waals surface area contributed by atoms with Gasteiger partial charge in [-0.1, -0.05) is 28.1 Å². The fourth-order valence-electron chi connectivity index (χ4n) is 0.441. The van der Waals surface area contributed by atoms with Crippen LogP contribution in [0.2, 0.25) is 0 Å². The molecule has 0 radical (unpaired) electrons. The summed E-state index contributed by atoms with van der Waals surface area (Å²) < 4.78 is 0. The number of halogens is 1. The quantitative estimate of drug-likeness (QED) is 0.533. The minimum atomic E-state index is -1.06. The number of rotatable bonds is 3. The molecule has 0 unspecified atom stereocenters. The van der Waals surface area contributed by atoms with Crippen LogP contribution >= 0.6 is 15.9 Å². The summed E-state index contributed by atoms with van der Waals surface area (Å²) >= 11 is 2.81. The first kappa shape index (κ1) is 9.65. The molecular formula is C6H9BrO3. The van der Waals surface area contributed by atoms with Crippen LogP contribution in [0.1, 0.15) is 6.92 Å². The Balaban J connectivity index is 3.93. The van der Waals surface area contributed by atoms with Gasteiger partial charge in [0.1, 0.15) is 4.83 Å². The standard InChI is InChI=1S/C6H9BrO3/c1-2-3-4(8)5(7)6(9)10/h2-5,8H,1H3,(H,9,10)/b3-2+/t4-,5+/m0/s1. The van der Waals surface area contributed by atoms with Gasteiger partial charge in [0.15, 0.2) is 0 Å². The highest BCUT2D eigenvalue weighted by molar-refractivity contribution is 9.10. The van der Waals surface area contributed by atoms with E-state index in [4.69, 9.17) is 10.2 Å². The maximum absolute atomic E-state index is 10.2. The van der Waals surface area contributed by atoms with E-state index in [2.05, 4.69) is 15.9 Å². The van der Waals surface area contributed by atoms with Crippen molar-refractivity contribution in [3.63, 3.8) is 0 Å². The number of carboxylic acid groups (broad SMARTS) is 1. The lowest BCUT2D eigenvalue weighted by Gasteiger charge is -2.07. The maximum Gasteiger partial charge on any atom is 0.320 e. The van der Waals surface area contributed by atoms with Crippen LogP contribution in [0, 0.1) is 0 Å². The predicted octanol–water partition coefficient (Wildman–Crippen LogP) is 0.772. The molecule has 2 atom stereocenters. The van der Waals surface area contributed by atoms with E-state index in [0.717, 1.165) is 0 Å². The molecule has 0 aromatic heterocycles. The molecule has 0 aliphatic heterocycles. The number of aliphatic carboxylic acids is 1. The van der Waals surface area contributed by atoms with Gasteiger partial charge in [0.2, 0.25) is 0 Å². The van der Waals surface area contributed by atoms with Crippen molar-refractivity contribution in [3.05, 3.63) is 12.2 Å². The van der Waals surface area contributed by atoms with Crippen LogP contribution in [-0.4, -0.2) is 27.1 Å². The van der Waals surface area contributed by atoms with E-state index in [0.29, 0.717) is 0 Å². The van der Waals surface area contributed by atoms with Crippen molar-refractivity contribution < 1.29 is 15.0 Å². The highest BCUT2D eigenvalue weighted by Gasteiger charge is 2.19. The lowest BCUT2D eigenvalue weighted by molar-refractivity contribution is -0.137.